The smallest absolute Gasteiger partial charge is 0.309 e. The molecule has 1 heterocycles. The van der Waals surface area contributed by atoms with Crippen molar-refractivity contribution in [2.75, 3.05) is 6.61 Å². The first kappa shape index (κ1) is 27.0. The average molecular weight is 455 g/mol. The van der Waals surface area contributed by atoms with Gasteiger partial charge in [-0.2, -0.15) is 0 Å². The molecule has 6 heteroatoms. The van der Waals surface area contributed by atoms with Crippen molar-refractivity contribution in [2.24, 2.45) is 17.8 Å². The van der Waals surface area contributed by atoms with Crippen LogP contribution in [0.4, 0.5) is 0 Å². The van der Waals surface area contributed by atoms with Crippen molar-refractivity contribution in [1.82, 2.24) is 9.55 Å². The summed E-state index contributed by atoms with van der Waals surface area (Å²) < 4.78 is 9.00. The maximum atomic E-state index is 12.3. The second-order valence-electron chi connectivity index (χ2n) is 9.13. The average Bonchev–Trinajstić information content (AvgIpc) is 2.67. The highest BCUT2D eigenvalue weighted by Gasteiger charge is 2.24. The number of hydrogen-bond donors (Lipinski definition) is 1. The van der Waals surface area contributed by atoms with Gasteiger partial charge in [0.15, 0.2) is 4.77 Å². The number of carbonyl (C=O) groups is 1. The van der Waals surface area contributed by atoms with E-state index in [9.17, 15) is 4.79 Å². The molecule has 1 N–H and O–H groups in total. The number of H-pyrrole nitrogens is 1. The van der Waals surface area contributed by atoms with Crippen LogP contribution < -0.4 is 0 Å². The molecule has 0 amide bonds. The first-order chi connectivity index (χ1) is 14.3. The summed E-state index contributed by atoms with van der Waals surface area (Å²) in [4.78, 5) is 15.3. The van der Waals surface area contributed by atoms with E-state index in [1.54, 1.807) is 0 Å². The number of ether oxygens (including phenoxy) is 1. The molecule has 0 aliphatic rings. The molecule has 0 bridgehead atoms. The number of hydrogen-bond acceptors (Lipinski definition) is 4. The Kier molecular flexibility index (Phi) is 14.2. The van der Waals surface area contributed by atoms with Crippen molar-refractivity contribution in [3.63, 3.8) is 0 Å². The summed E-state index contributed by atoms with van der Waals surface area (Å²) >= 11 is 10.4. The Hall–Kier alpha value is -1.01. The van der Waals surface area contributed by atoms with Crippen LogP contribution in [0.1, 0.15) is 91.9 Å². The van der Waals surface area contributed by atoms with Crippen molar-refractivity contribution in [3.05, 3.63) is 21.7 Å². The minimum absolute atomic E-state index is 0.00185. The highest BCUT2D eigenvalue weighted by molar-refractivity contribution is 7.72. The standard InChI is InChI=1S/C24H42N2O2S2/c1-19(2)18-21(20(3)4)23(27)28-17-13-11-9-7-5-6-8-10-12-15-26-16-14-22(29)25-24(26)30/h14,16,19-21H,5-13,15,17-18H2,1-4H3,(H,25,29,30). The van der Waals surface area contributed by atoms with Gasteiger partial charge in [-0.25, -0.2) is 0 Å². The SMILES string of the molecule is CC(C)CC(C(=O)OCCCCCCCCCCCn1ccc(=S)[nH]c1=S)C(C)C. The highest BCUT2D eigenvalue weighted by Crippen LogP contribution is 2.22. The third-order valence-electron chi connectivity index (χ3n) is 5.52. The largest absolute Gasteiger partial charge is 0.465 e. The van der Waals surface area contributed by atoms with Crippen LogP contribution in [0.2, 0.25) is 0 Å². The molecule has 1 unspecified atom stereocenters. The number of nitrogens with zero attached hydrogens (tertiary/aromatic N) is 1. The molecule has 1 aromatic rings. The molecule has 1 atom stereocenters. The predicted octanol–water partition coefficient (Wildman–Crippen LogP) is 7.65. The van der Waals surface area contributed by atoms with Crippen LogP contribution in [-0.4, -0.2) is 22.1 Å². The number of unbranched alkanes of at least 4 members (excludes halogenated alkanes) is 8. The van der Waals surface area contributed by atoms with Gasteiger partial charge >= 0.3 is 5.97 Å². The van der Waals surface area contributed by atoms with Gasteiger partial charge in [-0.3, -0.25) is 4.79 Å². The molecule has 0 fully saturated rings. The molecule has 4 nitrogen and oxygen atoms in total. The normalized spacial score (nSPS) is 12.5. The zero-order chi connectivity index (χ0) is 22.4. The molecule has 0 saturated carbocycles. The van der Waals surface area contributed by atoms with Crippen LogP contribution in [-0.2, 0) is 16.1 Å². The molecule has 172 valence electrons. The molecular formula is C24H42N2O2S2. The Bertz CT molecular complexity index is 710. The van der Waals surface area contributed by atoms with E-state index in [1.807, 2.05) is 12.3 Å². The Morgan fingerprint density at radius 2 is 1.53 bits per heavy atom. The number of aryl methyl sites for hydroxylation is 1. The van der Waals surface area contributed by atoms with Gasteiger partial charge < -0.3 is 14.3 Å². The van der Waals surface area contributed by atoms with Crippen LogP contribution in [0.15, 0.2) is 12.3 Å². The minimum atomic E-state index is -0.00185. The summed E-state index contributed by atoms with van der Waals surface area (Å²) in [7, 11) is 0. The molecule has 0 aliphatic heterocycles. The van der Waals surface area contributed by atoms with Gasteiger partial charge in [0, 0.05) is 12.7 Å². The minimum Gasteiger partial charge on any atom is -0.465 e. The summed E-state index contributed by atoms with van der Waals surface area (Å²) in [5.74, 6) is 0.917. The lowest BCUT2D eigenvalue weighted by molar-refractivity contribution is -0.151. The van der Waals surface area contributed by atoms with Gasteiger partial charge in [0.1, 0.15) is 4.64 Å². The number of aromatic nitrogens is 2. The van der Waals surface area contributed by atoms with Crippen LogP contribution >= 0.6 is 24.4 Å². The first-order valence-electron chi connectivity index (χ1n) is 11.8. The number of rotatable bonds is 16. The molecule has 0 saturated heterocycles. The van der Waals surface area contributed by atoms with E-state index in [0.29, 0.717) is 27.9 Å². The van der Waals surface area contributed by atoms with Crippen molar-refractivity contribution >= 4 is 30.4 Å². The fourth-order valence-corrected chi connectivity index (χ4v) is 4.15. The third kappa shape index (κ3) is 12.0. The highest BCUT2D eigenvalue weighted by atomic mass is 32.1. The summed E-state index contributed by atoms with van der Waals surface area (Å²) in [5, 5.41) is 0. The zero-order valence-corrected chi connectivity index (χ0v) is 21.1. The fourth-order valence-electron chi connectivity index (χ4n) is 3.67. The number of esters is 1. The Balaban J connectivity index is 1.97. The Morgan fingerprint density at radius 3 is 2.07 bits per heavy atom. The van der Waals surface area contributed by atoms with Crippen LogP contribution in [0.25, 0.3) is 0 Å². The molecule has 1 rings (SSSR count). The van der Waals surface area contributed by atoms with Gasteiger partial charge in [-0.05, 0) is 49.4 Å². The van der Waals surface area contributed by atoms with Crippen molar-refractivity contribution < 1.29 is 9.53 Å². The second-order valence-corrected chi connectivity index (χ2v) is 9.96. The molecule has 0 radical (unpaired) electrons. The molecular weight excluding hydrogens is 412 g/mol. The van der Waals surface area contributed by atoms with Gasteiger partial charge in [-0.1, -0.05) is 84.9 Å². The number of nitrogens with one attached hydrogen (secondary N) is 1. The van der Waals surface area contributed by atoms with Gasteiger partial charge in [-0.15, -0.1) is 0 Å². The van der Waals surface area contributed by atoms with Crippen molar-refractivity contribution in [2.45, 2.75) is 98.4 Å². The monoisotopic (exact) mass is 454 g/mol. The van der Waals surface area contributed by atoms with E-state index < -0.39 is 0 Å². The molecule has 0 aliphatic carbocycles. The van der Waals surface area contributed by atoms with Crippen LogP contribution in [0, 0.1) is 27.2 Å². The molecule has 30 heavy (non-hydrogen) atoms. The Labute approximate surface area is 193 Å². The number of carbonyl (C=O) groups excluding carboxylic acids is 1. The summed E-state index contributed by atoms with van der Waals surface area (Å²) in [5.41, 5.74) is 0. The maximum Gasteiger partial charge on any atom is 0.309 e. The van der Waals surface area contributed by atoms with E-state index >= 15 is 0 Å². The third-order valence-corrected chi connectivity index (χ3v) is 6.09. The lowest BCUT2D eigenvalue weighted by Gasteiger charge is -2.21. The fraction of sp³-hybridized carbons (Fsp3) is 0.792. The van der Waals surface area contributed by atoms with Crippen molar-refractivity contribution in [3.8, 4) is 0 Å². The summed E-state index contributed by atoms with van der Waals surface area (Å²) in [6.45, 7) is 10.1. The second kappa shape index (κ2) is 15.7. The van der Waals surface area contributed by atoms with E-state index in [4.69, 9.17) is 29.2 Å². The quantitative estimate of drug-likeness (QED) is 0.158. The molecule has 1 aromatic heterocycles. The topological polar surface area (TPSA) is 47.0 Å². The number of aromatic amines is 1. The van der Waals surface area contributed by atoms with E-state index in [1.165, 1.54) is 38.5 Å². The van der Waals surface area contributed by atoms with Crippen LogP contribution in [0.3, 0.4) is 0 Å². The van der Waals surface area contributed by atoms with E-state index in [0.717, 1.165) is 32.2 Å². The van der Waals surface area contributed by atoms with Gasteiger partial charge in [0.05, 0.1) is 12.5 Å². The van der Waals surface area contributed by atoms with Crippen LogP contribution in [0.5, 0.6) is 0 Å². The van der Waals surface area contributed by atoms with E-state index in [2.05, 4.69) is 37.2 Å². The predicted molar refractivity (Wildman–Crippen MR) is 131 cm³/mol. The summed E-state index contributed by atoms with van der Waals surface area (Å²) in [6.07, 6.45) is 13.8. The lowest BCUT2D eigenvalue weighted by atomic mass is 9.88. The van der Waals surface area contributed by atoms with E-state index in [-0.39, 0.29) is 11.9 Å². The first-order valence-corrected chi connectivity index (χ1v) is 12.6. The molecule has 0 aromatic carbocycles. The maximum absolute atomic E-state index is 12.3. The summed E-state index contributed by atoms with van der Waals surface area (Å²) in [6, 6.07) is 1.89. The van der Waals surface area contributed by atoms with Gasteiger partial charge in [0.2, 0.25) is 0 Å². The molecule has 0 spiro atoms. The zero-order valence-electron chi connectivity index (χ0n) is 19.5. The lowest BCUT2D eigenvalue weighted by Crippen LogP contribution is -2.24. The van der Waals surface area contributed by atoms with Crippen molar-refractivity contribution in [1.29, 1.82) is 0 Å². The van der Waals surface area contributed by atoms with Gasteiger partial charge in [0.25, 0.3) is 0 Å². The Morgan fingerprint density at radius 1 is 0.967 bits per heavy atom.